The highest BCUT2D eigenvalue weighted by Gasteiger charge is 2.52. The Labute approximate surface area is 294 Å². The summed E-state index contributed by atoms with van der Waals surface area (Å²) in [4.78, 5) is 29.6. The van der Waals surface area contributed by atoms with Crippen molar-refractivity contribution >= 4 is 29.4 Å². The second-order valence-electron chi connectivity index (χ2n) is 13.1. The summed E-state index contributed by atoms with van der Waals surface area (Å²) in [6.45, 7) is 8.84. The number of carbonyl (C=O) groups excluding carboxylic acids is 2. The Morgan fingerprint density at radius 2 is 1.68 bits per heavy atom. The maximum atomic E-state index is 14.2. The number of allylic oxidation sites excluding steroid dienone is 4. The van der Waals surface area contributed by atoms with Crippen molar-refractivity contribution in [2.75, 3.05) is 23.0 Å². The summed E-state index contributed by atoms with van der Waals surface area (Å²) in [6, 6.07) is 24.4. The fourth-order valence-corrected chi connectivity index (χ4v) is 6.35. The Hall–Kier alpha value is -5.12. The van der Waals surface area contributed by atoms with Gasteiger partial charge in [0.25, 0.3) is 5.91 Å². The number of anilines is 3. The van der Waals surface area contributed by atoms with Gasteiger partial charge in [-0.05, 0) is 75.9 Å². The predicted octanol–water partition coefficient (Wildman–Crippen LogP) is 7.21. The van der Waals surface area contributed by atoms with E-state index in [9.17, 15) is 19.8 Å². The van der Waals surface area contributed by atoms with Gasteiger partial charge < -0.3 is 15.1 Å². The Bertz CT molecular complexity index is 1840. The van der Waals surface area contributed by atoms with Crippen LogP contribution in [0.2, 0.25) is 0 Å². The molecule has 2 heterocycles. The number of aliphatic hydroxyl groups is 2. The number of para-hydroxylation sites is 1. The summed E-state index contributed by atoms with van der Waals surface area (Å²) in [5, 5.41) is 30.9. The van der Waals surface area contributed by atoms with E-state index in [1.54, 1.807) is 15.6 Å². The number of carbonyl (C=O) groups is 2. The molecule has 1 aromatic heterocycles. The lowest BCUT2D eigenvalue weighted by Gasteiger charge is -2.28. The van der Waals surface area contributed by atoms with Crippen LogP contribution in [0.15, 0.2) is 121 Å². The molecule has 2 amide bonds. The number of hydrogen-bond acceptors (Lipinski definition) is 6. The molecule has 260 valence electrons. The van der Waals surface area contributed by atoms with Crippen LogP contribution in [0.1, 0.15) is 69.7 Å². The quantitative estimate of drug-likeness (QED) is 0.0961. The first-order chi connectivity index (χ1) is 24.2. The van der Waals surface area contributed by atoms with Crippen molar-refractivity contribution in [3.8, 4) is 0 Å². The first-order valence-electron chi connectivity index (χ1n) is 17.2. The molecule has 5 rings (SSSR count). The lowest BCUT2D eigenvalue weighted by molar-refractivity contribution is -0.139. The molecule has 0 aliphatic carbocycles. The molecule has 1 aliphatic heterocycles. The molecular weight excluding hydrogens is 626 g/mol. The Kier molecular flexibility index (Phi) is 12.0. The van der Waals surface area contributed by atoms with Gasteiger partial charge in [0.2, 0.25) is 6.41 Å². The number of hydrogen-bond donors (Lipinski definition) is 2. The third kappa shape index (κ3) is 8.01. The minimum Gasteiger partial charge on any atom is -0.395 e. The molecule has 2 N–H and O–H groups in total. The van der Waals surface area contributed by atoms with Gasteiger partial charge in [0.15, 0.2) is 5.60 Å². The van der Waals surface area contributed by atoms with E-state index in [1.807, 2.05) is 104 Å². The van der Waals surface area contributed by atoms with Crippen molar-refractivity contribution in [2.45, 2.75) is 65.0 Å². The third-order valence-corrected chi connectivity index (χ3v) is 9.29. The van der Waals surface area contributed by atoms with E-state index in [0.29, 0.717) is 47.8 Å². The summed E-state index contributed by atoms with van der Waals surface area (Å²) in [7, 11) is 0. The molecule has 0 saturated heterocycles. The number of rotatable bonds is 16. The summed E-state index contributed by atoms with van der Waals surface area (Å²) in [5.41, 5.74) is 4.58. The minimum atomic E-state index is -1.85. The second kappa shape index (κ2) is 16.5. The molecule has 1 unspecified atom stereocenters. The summed E-state index contributed by atoms with van der Waals surface area (Å²) in [5.74, 6) is -1.24. The highest BCUT2D eigenvalue weighted by Crippen LogP contribution is 2.47. The maximum Gasteiger partial charge on any atom is 0.264 e. The number of benzene rings is 3. The number of nitrogens with zero attached hydrogens (tertiary/aromatic N) is 5. The average Bonchev–Trinajstić information content (AvgIpc) is 3.67. The lowest BCUT2D eigenvalue weighted by atomic mass is 9.82. The molecule has 0 bridgehead atoms. The number of aromatic nitrogens is 3. The molecule has 0 radical (unpaired) electrons. The number of aryl methyl sites for hydroxylation is 1. The van der Waals surface area contributed by atoms with E-state index in [0.717, 1.165) is 24.8 Å². The molecule has 4 aromatic rings. The normalized spacial score (nSPS) is 17.1. The minimum absolute atomic E-state index is 0.0752. The van der Waals surface area contributed by atoms with Crippen molar-refractivity contribution in [1.82, 2.24) is 15.0 Å². The van der Waals surface area contributed by atoms with Gasteiger partial charge in [-0.15, -0.1) is 5.10 Å². The van der Waals surface area contributed by atoms with Crippen molar-refractivity contribution in [3.63, 3.8) is 0 Å². The molecular formula is C41H47N5O4. The average molecular weight is 674 g/mol. The van der Waals surface area contributed by atoms with Crippen LogP contribution in [-0.4, -0.2) is 50.7 Å². The molecule has 9 heteroatoms. The van der Waals surface area contributed by atoms with Gasteiger partial charge in [-0.1, -0.05) is 96.1 Å². The molecule has 0 fully saturated rings. The van der Waals surface area contributed by atoms with Gasteiger partial charge in [0.05, 0.1) is 23.9 Å². The number of aliphatic hydroxyl groups excluding tert-OH is 1. The van der Waals surface area contributed by atoms with Crippen LogP contribution in [-0.2, 0) is 21.7 Å². The standard InChI is InChI=1S/C41H47N5O4/c1-30(2)14-13-15-31(3)23-25-45-39-22-21-35(46(29-48)34-19-9-6-10-20-34)26-37(39)41(50,40(45)49)32(4)16-11-12-24-44-27-38(42-43-44)36(28-47)33-17-7-5-8-18-33/h5-11,14,16-23,26-27,29,32,36,47,50H,12-13,15,24-25,28H2,1-4H3/b16-11+,31-23+/t32-,36?,41+/m0/s1. The van der Waals surface area contributed by atoms with Gasteiger partial charge in [0, 0.05) is 42.1 Å². The predicted molar refractivity (Wildman–Crippen MR) is 198 cm³/mol. The van der Waals surface area contributed by atoms with E-state index < -0.39 is 17.4 Å². The van der Waals surface area contributed by atoms with Crippen LogP contribution in [0.3, 0.4) is 0 Å². The second-order valence-corrected chi connectivity index (χ2v) is 13.1. The van der Waals surface area contributed by atoms with Crippen molar-refractivity contribution in [1.29, 1.82) is 0 Å². The smallest absolute Gasteiger partial charge is 0.264 e. The Morgan fingerprint density at radius 3 is 2.36 bits per heavy atom. The third-order valence-electron chi connectivity index (χ3n) is 9.29. The van der Waals surface area contributed by atoms with Gasteiger partial charge in [0.1, 0.15) is 0 Å². The summed E-state index contributed by atoms with van der Waals surface area (Å²) in [6.07, 6.45) is 13.0. The fourth-order valence-electron chi connectivity index (χ4n) is 6.35. The molecule has 0 spiro atoms. The summed E-state index contributed by atoms with van der Waals surface area (Å²) < 4.78 is 1.73. The molecule has 3 atom stereocenters. The van der Waals surface area contributed by atoms with Crippen LogP contribution < -0.4 is 9.80 Å². The van der Waals surface area contributed by atoms with Gasteiger partial charge in [-0.25, -0.2) is 0 Å². The van der Waals surface area contributed by atoms with E-state index in [4.69, 9.17) is 0 Å². The van der Waals surface area contributed by atoms with Gasteiger partial charge >= 0.3 is 0 Å². The fraction of sp³-hybridized carbons (Fsp3) is 0.317. The SMILES string of the molecule is CC(C)=CCC/C(C)=C/CN1C(=O)[C@@](O)([C@@H](C)/C=C/CCn2cc(C(CO)c3ccccc3)nn2)c2cc(N(C=O)c3ccccc3)ccc21. The van der Waals surface area contributed by atoms with Crippen molar-refractivity contribution in [2.24, 2.45) is 5.92 Å². The number of fused-ring (bicyclic) bond motifs is 1. The van der Waals surface area contributed by atoms with E-state index in [2.05, 4.69) is 37.2 Å². The van der Waals surface area contributed by atoms with Crippen molar-refractivity contribution < 1.29 is 19.8 Å². The highest BCUT2D eigenvalue weighted by molar-refractivity contribution is 6.08. The zero-order valence-electron chi connectivity index (χ0n) is 29.3. The molecule has 9 nitrogen and oxygen atoms in total. The van der Waals surface area contributed by atoms with Crippen LogP contribution in [0, 0.1) is 5.92 Å². The molecule has 1 aliphatic rings. The topological polar surface area (TPSA) is 112 Å². The van der Waals surface area contributed by atoms with E-state index in [1.165, 1.54) is 16.0 Å². The monoisotopic (exact) mass is 673 g/mol. The zero-order valence-corrected chi connectivity index (χ0v) is 29.3. The maximum absolute atomic E-state index is 14.2. The van der Waals surface area contributed by atoms with Gasteiger partial charge in [-0.3, -0.25) is 19.2 Å². The van der Waals surface area contributed by atoms with Gasteiger partial charge in [-0.2, -0.15) is 0 Å². The number of amides is 2. The molecule has 50 heavy (non-hydrogen) atoms. The van der Waals surface area contributed by atoms with Crippen molar-refractivity contribution in [3.05, 3.63) is 137 Å². The van der Waals surface area contributed by atoms with E-state index >= 15 is 0 Å². The van der Waals surface area contributed by atoms with Crippen LogP contribution in [0.25, 0.3) is 0 Å². The largest absolute Gasteiger partial charge is 0.395 e. The Balaban J connectivity index is 1.37. The zero-order chi connectivity index (χ0) is 35.7. The van der Waals surface area contributed by atoms with E-state index in [-0.39, 0.29) is 12.5 Å². The highest BCUT2D eigenvalue weighted by atomic mass is 16.3. The Morgan fingerprint density at radius 1 is 0.960 bits per heavy atom. The lowest BCUT2D eigenvalue weighted by Crippen LogP contribution is -2.44. The first-order valence-corrected chi connectivity index (χ1v) is 17.2. The van der Waals surface area contributed by atoms with Crippen LogP contribution >= 0.6 is 0 Å². The molecule has 3 aromatic carbocycles. The summed E-state index contributed by atoms with van der Waals surface area (Å²) >= 11 is 0. The molecule has 0 saturated carbocycles. The van der Waals surface area contributed by atoms with Crippen LogP contribution in [0.4, 0.5) is 17.1 Å². The van der Waals surface area contributed by atoms with Crippen LogP contribution in [0.5, 0.6) is 0 Å². The first kappa shape index (κ1) is 36.2.